The van der Waals surface area contributed by atoms with Crippen molar-refractivity contribution in [1.29, 1.82) is 0 Å². The number of hydrogen-bond donors (Lipinski definition) is 1. The average Bonchev–Trinajstić information content (AvgIpc) is 2.33. The van der Waals surface area contributed by atoms with E-state index in [1.54, 1.807) is 0 Å². The molecule has 0 amide bonds. The van der Waals surface area contributed by atoms with Crippen molar-refractivity contribution in [2.24, 2.45) is 0 Å². The van der Waals surface area contributed by atoms with Gasteiger partial charge in [0.25, 0.3) is 0 Å². The molecule has 0 atom stereocenters. The Morgan fingerprint density at radius 3 is 1.72 bits per heavy atom. The van der Waals surface area contributed by atoms with Crippen LogP contribution in [0.5, 0.6) is 0 Å². The molecule has 0 heterocycles. The zero-order chi connectivity index (χ0) is 13.8. The molecule has 0 aliphatic carbocycles. The van der Waals surface area contributed by atoms with Crippen molar-refractivity contribution in [3.05, 3.63) is 34.4 Å². The quantitative estimate of drug-likeness (QED) is 0.770. The fourth-order valence-corrected chi connectivity index (χ4v) is 2.89. The number of nitrogens with one attached hydrogen (secondary N) is 1. The summed E-state index contributed by atoms with van der Waals surface area (Å²) >= 11 is 0. The lowest BCUT2D eigenvalue weighted by atomic mass is 9.89. The van der Waals surface area contributed by atoms with Crippen molar-refractivity contribution in [2.45, 2.75) is 72.9 Å². The van der Waals surface area contributed by atoms with E-state index in [2.05, 4.69) is 59.0 Å². The molecule has 0 saturated carbocycles. The maximum atomic E-state index is 3.80. The van der Waals surface area contributed by atoms with Crippen LogP contribution in [0.15, 0.2) is 12.1 Å². The molecule has 0 aromatic heterocycles. The van der Waals surface area contributed by atoms with E-state index >= 15 is 0 Å². The fraction of sp³-hybridized carbons (Fsp3) is 0.647. The molecule has 0 unspecified atom stereocenters. The summed E-state index contributed by atoms with van der Waals surface area (Å²) in [4.78, 5) is 0. The number of benzene rings is 1. The second kappa shape index (κ2) is 6.38. The van der Waals surface area contributed by atoms with Gasteiger partial charge in [-0.2, -0.15) is 0 Å². The molecule has 1 heteroatoms. The highest BCUT2D eigenvalue weighted by Gasteiger charge is 2.23. The van der Waals surface area contributed by atoms with Gasteiger partial charge in [0.1, 0.15) is 0 Å². The van der Waals surface area contributed by atoms with Crippen LogP contribution in [0.25, 0.3) is 0 Å². The molecule has 0 bridgehead atoms. The topological polar surface area (TPSA) is 12.0 Å². The Kier molecular flexibility index (Phi) is 5.40. The van der Waals surface area contributed by atoms with Crippen molar-refractivity contribution < 1.29 is 0 Å². The summed E-state index contributed by atoms with van der Waals surface area (Å²) in [5, 5.41) is 3.80. The molecular weight excluding hydrogens is 218 g/mol. The highest BCUT2D eigenvalue weighted by molar-refractivity contribution is 5.37. The summed E-state index contributed by atoms with van der Waals surface area (Å²) in [7, 11) is 0. The minimum absolute atomic E-state index is 0.309. The maximum Gasteiger partial charge on any atom is 0.0215 e. The van der Waals surface area contributed by atoms with Crippen molar-refractivity contribution in [3.63, 3.8) is 0 Å². The second-order valence-corrected chi connectivity index (χ2v) is 5.57. The Balaban J connectivity index is 2.86. The Morgan fingerprint density at radius 1 is 0.889 bits per heavy atom. The lowest BCUT2D eigenvalue weighted by Crippen LogP contribution is -2.43. The fourth-order valence-electron chi connectivity index (χ4n) is 2.89. The summed E-state index contributed by atoms with van der Waals surface area (Å²) in [6.07, 6.45) is 3.60. The molecule has 0 spiro atoms. The zero-order valence-corrected chi connectivity index (χ0v) is 13.0. The molecular formula is C17H29N. The predicted octanol–water partition coefficient (Wildman–Crippen LogP) is 4.67. The van der Waals surface area contributed by atoms with E-state index in [0.29, 0.717) is 5.54 Å². The third-order valence-electron chi connectivity index (χ3n) is 4.51. The largest absolute Gasteiger partial charge is 0.307 e. The van der Waals surface area contributed by atoms with Crippen LogP contribution in [0.4, 0.5) is 0 Å². The van der Waals surface area contributed by atoms with Gasteiger partial charge in [-0.15, -0.1) is 0 Å². The van der Waals surface area contributed by atoms with Gasteiger partial charge in [-0.1, -0.05) is 38.5 Å². The van der Waals surface area contributed by atoms with Gasteiger partial charge in [0, 0.05) is 12.1 Å². The molecule has 0 fully saturated rings. The van der Waals surface area contributed by atoms with Crippen molar-refractivity contribution >= 4 is 0 Å². The number of rotatable bonds is 6. The first kappa shape index (κ1) is 15.2. The molecule has 18 heavy (non-hydrogen) atoms. The first-order valence-corrected chi connectivity index (χ1v) is 7.29. The summed E-state index contributed by atoms with van der Waals surface area (Å²) < 4.78 is 0. The van der Waals surface area contributed by atoms with Crippen molar-refractivity contribution in [2.75, 3.05) is 0 Å². The van der Waals surface area contributed by atoms with Crippen LogP contribution in [0.3, 0.4) is 0 Å². The molecule has 0 radical (unpaired) electrons. The molecule has 1 N–H and O–H groups in total. The first-order chi connectivity index (χ1) is 8.48. The standard InChI is InChI=1S/C17H29N/c1-7-17(8-2,9-3)18-12-16-14(5)10-13(4)11-15(16)6/h10-11,18H,7-9,12H2,1-6H3. The van der Waals surface area contributed by atoms with Crippen LogP contribution in [-0.4, -0.2) is 5.54 Å². The van der Waals surface area contributed by atoms with Crippen LogP contribution < -0.4 is 5.32 Å². The van der Waals surface area contributed by atoms with Crippen LogP contribution in [0.2, 0.25) is 0 Å². The third kappa shape index (κ3) is 3.35. The first-order valence-electron chi connectivity index (χ1n) is 7.29. The summed E-state index contributed by atoms with van der Waals surface area (Å²) in [6, 6.07) is 4.57. The van der Waals surface area contributed by atoms with Gasteiger partial charge in [0.15, 0.2) is 0 Å². The Bertz CT molecular complexity index is 357. The van der Waals surface area contributed by atoms with Gasteiger partial charge in [-0.3, -0.25) is 0 Å². The minimum atomic E-state index is 0.309. The van der Waals surface area contributed by atoms with Gasteiger partial charge in [-0.05, 0) is 56.7 Å². The number of aryl methyl sites for hydroxylation is 3. The van der Waals surface area contributed by atoms with E-state index in [4.69, 9.17) is 0 Å². The molecule has 1 aromatic rings. The van der Waals surface area contributed by atoms with E-state index in [9.17, 15) is 0 Å². The van der Waals surface area contributed by atoms with Crippen molar-refractivity contribution in [3.8, 4) is 0 Å². The molecule has 102 valence electrons. The summed E-state index contributed by atoms with van der Waals surface area (Å²) in [6.45, 7) is 14.5. The van der Waals surface area contributed by atoms with Gasteiger partial charge in [0.2, 0.25) is 0 Å². The number of hydrogen-bond acceptors (Lipinski definition) is 1. The van der Waals surface area contributed by atoms with Gasteiger partial charge < -0.3 is 5.32 Å². The van der Waals surface area contributed by atoms with Gasteiger partial charge in [-0.25, -0.2) is 0 Å². The SMILES string of the molecule is CCC(CC)(CC)NCc1c(C)cc(C)cc1C. The predicted molar refractivity (Wildman–Crippen MR) is 81.1 cm³/mol. The average molecular weight is 247 g/mol. The van der Waals surface area contributed by atoms with E-state index in [1.165, 1.54) is 41.5 Å². The smallest absolute Gasteiger partial charge is 0.0215 e. The van der Waals surface area contributed by atoms with Gasteiger partial charge >= 0.3 is 0 Å². The van der Waals surface area contributed by atoms with E-state index < -0.39 is 0 Å². The third-order valence-corrected chi connectivity index (χ3v) is 4.51. The lowest BCUT2D eigenvalue weighted by molar-refractivity contribution is 0.287. The molecule has 0 aliphatic rings. The Labute approximate surface area is 113 Å². The Hall–Kier alpha value is -0.820. The van der Waals surface area contributed by atoms with Crippen LogP contribution in [0, 0.1) is 20.8 Å². The van der Waals surface area contributed by atoms with Gasteiger partial charge in [0.05, 0.1) is 0 Å². The van der Waals surface area contributed by atoms with Crippen LogP contribution >= 0.6 is 0 Å². The normalized spacial score (nSPS) is 11.9. The van der Waals surface area contributed by atoms with E-state index in [0.717, 1.165) is 6.54 Å². The summed E-state index contributed by atoms with van der Waals surface area (Å²) in [5.74, 6) is 0. The molecule has 0 saturated heterocycles. The van der Waals surface area contributed by atoms with Crippen molar-refractivity contribution in [1.82, 2.24) is 5.32 Å². The molecule has 0 aliphatic heterocycles. The maximum absolute atomic E-state index is 3.80. The highest BCUT2D eigenvalue weighted by atomic mass is 15.0. The summed E-state index contributed by atoms with van der Waals surface area (Å²) in [5.41, 5.74) is 5.97. The minimum Gasteiger partial charge on any atom is -0.307 e. The highest BCUT2D eigenvalue weighted by Crippen LogP contribution is 2.22. The van der Waals surface area contributed by atoms with Crippen LogP contribution in [0.1, 0.15) is 62.3 Å². The zero-order valence-electron chi connectivity index (χ0n) is 13.0. The lowest BCUT2D eigenvalue weighted by Gasteiger charge is -2.32. The van der Waals surface area contributed by atoms with E-state index in [1.807, 2.05) is 0 Å². The van der Waals surface area contributed by atoms with Crippen LogP contribution in [-0.2, 0) is 6.54 Å². The Morgan fingerprint density at radius 2 is 1.33 bits per heavy atom. The molecule has 1 rings (SSSR count). The van der Waals surface area contributed by atoms with E-state index in [-0.39, 0.29) is 0 Å². The molecule has 1 aromatic carbocycles. The second-order valence-electron chi connectivity index (χ2n) is 5.57. The monoisotopic (exact) mass is 247 g/mol. The molecule has 1 nitrogen and oxygen atoms in total.